The van der Waals surface area contributed by atoms with Crippen molar-refractivity contribution in [2.24, 2.45) is 11.7 Å². The van der Waals surface area contributed by atoms with Crippen LogP contribution in [0.25, 0.3) is 21.3 Å². The van der Waals surface area contributed by atoms with Crippen LogP contribution in [0.4, 0.5) is 5.82 Å². The number of primary amides is 1. The van der Waals surface area contributed by atoms with E-state index in [1.54, 1.807) is 17.7 Å². The van der Waals surface area contributed by atoms with Crippen LogP contribution >= 0.6 is 11.3 Å². The van der Waals surface area contributed by atoms with Crippen molar-refractivity contribution in [3.63, 3.8) is 0 Å². The Morgan fingerprint density at radius 3 is 2.65 bits per heavy atom. The summed E-state index contributed by atoms with van der Waals surface area (Å²) in [5.41, 5.74) is 10.4. The van der Waals surface area contributed by atoms with Gasteiger partial charge in [0, 0.05) is 30.0 Å². The van der Waals surface area contributed by atoms with Crippen LogP contribution in [0.5, 0.6) is 0 Å². The summed E-state index contributed by atoms with van der Waals surface area (Å²) in [6.07, 6.45) is 3.20. The lowest BCUT2D eigenvalue weighted by atomic mass is 9.95. The van der Waals surface area contributed by atoms with Crippen molar-refractivity contribution in [1.82, 2.24) is 9.97 Å². The number of benzene rings is 1. The fourth-order valence-electron chi connectivity index (χ4n) is 3.79. The molecule has 1 amide bonds. The number of aryl methyl sites for hydroxylation is 2. The van der Waals surface area contributed by atoms with E-state index in [0.717, 1.165) is 42.0 Å². The molecule has 0 aliphatic carbocycles. The number of nitrogens with two attached hydrogens (primary N) is 1. The van der Waals surface area contributed by atoms with Gasteiger partial charge in [-0.05, 0) is 37.8 Å². The SMILES string of the molecule is Cc1ccc(-c2csc3ncnc(N4CCC(C(N)=O)CC4)c23)c(C)c1. The molecule has 0 spiro atoms. The molecule has 0 atom stereocenters. The molecule has 2 aromatic heterocycles. The van der Waals surface area contributed by atoms with Crippen molar-refractivity contribution in [3.8, 4) is 11.1 Å². The lowest BCUT2D eigenvalue weighted by molar-refractivity contribution is -0.122. The molecular formula is C20H22N4OS. The summed E-state index contributed by atoms with van der Waals surface area (Å²) in [4.78, 5) is 23.8. The number of hydrogen-bond acceptors (Lipinski definition) is 5. The average Bonchev–Trinajstić information content (AvgIpc) is 3.06. The number of anilines is 1. The van der Waals surface area contributed by atoms with E-state index < -0.39 is 0 Å². The largest absolute Gasteiger partial charge is 0.369 e. The Morgan fingerprint density at radius 1 is 1.19 bits per heavy atom. The Morgan fingerprint density at radius 2 is 1.96 bits per heavy atom. The summed E-state index contributed by atoms with van der Waals surface area (Å²) in [5.74, 6) is 0.753. The minimum atomic E-state index is -0.191. The van der Waals surface area contributed by atoms with Gasteiger partial charge in [0.2, 0.25) is 5.91 Å². The van der Waals surface area contributed by atoms with E-state index in [4.69, 9.17) is 5.73 Å². The Balaban J connectivity index is 1.77. The summed E-state index contributed by atoms with van der Waals surface area (Å²) >= 11 is 1.65. The summed E-state index contributed by atoms with van der Waals surface area (Å²) in [5, 5.41) is 3.29. The molecule has 1 saturated heterocycles. The fraction of sp³-hybridized carbons (Fsp3) is 0.350. The van der Waals surface area contributed by atoms with Crippen LogP contribution in [0.15, 0.2) is 29.9 Å². The first-order valence-electron chi connectivity index (χ1n) is 8.88. The van der Waals surface area contributed by atoms with Crippen molar-refractivity contribution >= 4 is 33.3 Å². The molecule has 5 nitrogen and oxygen atoms in total. The second kappa shape index (κ2) is 6.68. The Hall–Kier alpha value is -2.47. The quantitative estimate of drug-likeness (QED) is 0.767. The van der Waals surface area contributed by atoms with E-state index in [0.29, 0.717) is 0 Å². The number of thiophene rings is 1. The minimum Gasteiger partial charge on any atom is -0.369 e. The van der Waals surface area contributed by atoms with Gasteiger partial charge in [0.05, 0.1) is 5.39 Å². The molecule has 134 valence electrons. The smallest absolute Gasteiger partial charge is 0.220 e. The average molecular weight is 366 g/mol. The van der Waals surface area contributed by atoms with Crippen LogP contribution in [0, 0.1) is 19.8 Å². The van der Waals surface area contributed by atoms with Crippen molar-refractivity contribution in [2.45, 2.75) is 26.7 Å². The van der Waals surface area contributed by atoms with Gasteiger partial charge in [0.25, 0.3) is 0 Å². The van der Waals surface area contributed by atoms with E-state index in [1.165, 1.54) is 22.3 Å². The molecule has 0 bridgehead atoms. The van der Waals surface area contributed by atoms with Crippen molar-refractivity contribution in [3.05, 3.63) is 41.0 Å². The summed E-state index contributed by atoms with van der Waals surface area (Å²) in [6, 6.07) is 6.54. The summed E-state index contributed by atoms with van der Waals surface area (Å²) < 4.78 is 0. The van der Waals surface area contributed by atoms with Crippen LogP contribution < -0.4 is 10.6 Å². The first kappa shape index (κ1) is 17.0. The van der Waals surface area contributed by atoms with Crippen LogP contribution in [-0.2, 0) is 4.79 Å². The molecule has 1 aromatic carbocycles. The third kappa shape index (κ3) is 2.94. The molecule has 3 aromatic rings. The highest BCUT2D eigenvalue weighted by molar-refractivity contribution is 7.17. The highest BCUT2D eigenvalue weighted by Crippen LogP contribution is 2.40. The molecule has 1 fully saturated rings. The molecule has 0 saturated carbocycles. The lowest BCUT2D eigenvalue weighted by Crippen LogP contribution is -2.39. The van der Waals surface area contributed by atoms with Crippen LogP contribution in [-0.4, -0.2) is 29.0 Å². The number of amides is 1. The second-order valence-corrected chi connectivity index (χ2v) is 7.87. The van der Waals surface area contributed by atoms with Gasteiger partial charge >= 0.3 is 0 Å². The van der Waals surface area contributed by atoms with Crippen LogP contribution in [0.1, 0.15) is 24.0 Å². The normalized spacial score (nSPS) is 15.5. The number of fused-ring (bicyclic) bond motifs is 1. The topological polar surface area (TPSA) is 72.1 Å². The minimum absolute atomic E-state index is 0.0233. The first-order chi connectivity index (χ1) is 12.5. The van der Waals surface area contributed by atoms with E-state index in [-0.39, 0.29) is 11.8 Å². The number of nitrogens with zero attached hydrogens (tertiary/aromatic N) is 3. The predicted octanol–water partition coefficient (Wildman–Crippen LogP) is 3.68. The third-order valence-corrected chi connectivity index (χ3v) is 6.11. The summed E-state index contributed by atoms with van der Waals surface area (Å²) in [6.45, 7) is 5.84. The molecule has 2 N–H and O–H groups in total. The highest BCUT2D eigenvalue weighted by Gasteiger charge is 2.26. The maximum Gasteiger partial charge on any atom is 0.220 e. The maximum atomic E-state index is 11.5. The molecule has 0 unspecified atom stereocenters. The Labute approximate surface area is 156 Å². The number of hydrogen-bond donors (Lipinski definition) is 1. The standard InChI is InChI=1S/C20H22N4OS/c1-12-3-4-15(13(2)9-12)16-10-26-20-17(16)19(22-11-23-20)24-7-5-14(6-8-24)18(21)25/h3-4,9-11,14H,5-8H2,1-2H3,(H2,21,25). The highest BCUT2D eigenvalue weighted by atomic mass is 32.1. The number of rotatable bonds is 3. The zero-order valence-corrected chi connectivity index (χ0v) is 15.8. The fourth-order valence-corrected chi connectivity index (χ4v) is 4.69. The predicted molar refractivity (Wildman–Crippen MR) is 106 cm³/mol. The van der Waals surface area contributed by atoms with Gasteiger partial charge < -0.3 is 10.6 Å². The number of piperidine rings is 1. The van der Waals surface area contributed by atoms with Gasteiger partial charge in [-0.25, -0.2) is 9.97 Å². The van der Waals surface area contributed by atoms with Crippen molar-refractivity contribution < 1.29 is 4.79 Å². The van der Waals surface area contributed by atoms with Gasteiger partial charge in [-0.2, -0.15) is 0 Å². The second-order valence-electron chi connectivity index (χ2n) is 7.01. The van der Waals surface area contributed by atoms with Crippen molar-refractivity contribution in [1.29, 1.82) is 0 Å². The van der Waals surface area contributed by atoms with Gasteiger partial charge in [-0.1, -0.05) is 23.8 Å². The lowest BCUT2D eigenvalue weighted by Gasteiger charge is -2.31. The molecule has 1 aliphatic rings. The molecule has 26 heavy (non-hydrogen) atoms. The third-order valence-electron chi connectivity index (χ3n) is 5.22. The number of aromatic nitrogens is 2. The van der Waals surface area contributed by atoms with Crippen LogP contribution in [0.2, 0.25) is 0 Å². The molecule has 3 heterocycles. The summed E-state index contributed by atoms with van der Waals surface area (Å²) in [7, 11) is 0. The van der Waals surface area contributed by atoms with Gasteiger partial charge in [0.1, 0.15) is 17.0 Å². The van der Waals surface area contributed by atoms with E-state index in [1.807, 2.05) is 0 Å². The first-order valence-corrected chi connectivity index (χ1v) is 9.76. The zero-order chi connectivity index (χ0) is 18.3. The number of carbonyl (C=O) groups is 1. The molecule has 4 rings (SSSR count). The van der Waals surface area contributed by atoms with Gasteiger partial charge in [-0.3, -0.25) is 4.79 Å². The Kier molecular flexibility index (Phi) is 4.36. The van der Waals surface area contributed by atoms with Gasteiger partial charge in [-0.15, -0.1) is 11.3 Å². The van der Waals surface area contributed by atoms with E-state index in [9.17, 15) is 4.79 Å². The molecule has 0 radical (unpaired) electrons. The molecule has 1 aliphatic heterocycles. The van der Waals surface area contributed by atoms with Crippen molar-refractivity contribution in [2.75, 3.05) is 18.0 Å². The molecule has 6 heteroatoms. The molecular weight excluding hydrogens is 344 g/mol. The van der Waals surface area contributed by atoms with Crippen LogP contribution in [0.3, 0.4) is 0 Å². The zero-order valence-electron chi connectivity index (χ0n) is 15.0. The monoisotopic (exact) mass is 366 g/mol. The van der Waals surface area contributed by atoms with Gasteiger partial charge in [0.15, 0.2) is 0 Å². The van der Waals surface area contributed by atoms with E-state index in [2.05, 4.69) is 52.3 Å². The number of carbonyl (C=O) groups excluding carboxylic acids is 1. The van der Waals surface area contributed by atoms with E-state index >= 15 is 0 Å². The Bertz CT molecular complexity index is 973. The maximum absolute atomic E-state index is 11.5.